The summed E-state index contributed by atoms with van der Waals surface area (Å²) >= 11 is 0. The van der Waals surface area contributed by atoms with Crippen molar-refractivity contribution in [2.24, 2.45) is 5.92 Å². The number of amides is 1. The lowest BCUT2D eigenvalue weighted by atomic mass is 9.79. The van der Waals surface area contributed by atoms with Crippen LogP contribution in [0, 0.1) is 5.92 Å². The van der Waals surface area contributed by atoms with Crippen LogP contribution in [0.5, 0.6) is 0 Å². The molecule has 44 heavy (non-hydrogen) atoms. The van der Waals surface area contributed by atoms with Gasteiger partial charge < -0.3 is 15.3 Å². The molecule has 2 saturated carbocycles. The van der Waals surface area contributed by atoms with Crippen molar-refractivity contribution < 1.29 is 23.1 Å². The van der Waals surface area contributed by atoms with Crippen molar-refractivity contribution in [3.05, 3.63) is 72.3 Å². The van der Waals surface area contributed by atoms with Gasteiger partial charge in [-0.15, -0.1) is 0 Å². The summed E-state index contributed by atoms with van der Waals surface area (Å²) in [6.45, 7) is 1.71. The van der Waals surface area contributed by atoms with Crippen molar-refractivity contribution in [2.75, 3.05) is 18.4 Å². The number of aromatic nitrogens is 3. The van der Waals surface area contributed by atoms with Gasteiger partial charge in [0.2, 0.25) is 5.91 Å². The Morgan fingerprint density at radius 2 is 1.68 bits per heavy atom. The van der Waals surface area contributed by atoms with Gasteiger partial charge in [-0.1, -0.05) is 6.07 Å². The Kier molecular flexibility index (Phi) is 7.56. The Balaban J connectivity index is 0.908. The molecule has 11 heteroatoms. The Morgan fingerprint density at radius 3 is 2.39 bits per heavy atom. The number of pyridine rings is 1. The second kappa shape index (κ2) is 11.4. The number of nitrogens with one attached hydrogen (secondary N) is 1. The van der Waals surface area contributed by atoms with Crippen LogP contribution in [-0.4, -0.2) is 73.0 Å². The summed E-state index contributed by atoms with van der Waals surface area (Å²) < 4.78 is 39.2. The topological polar surface area (TPSA) is 94.5 Å². The Bertz CT molecular complexity index is 1470. The molecular weight excluding hydrogens is 569 g/mol. The SMILES string of the molecule is O=C(C1CC(Nc2cccc(C(F)(F)F)c2)C1)N1CCC2C1CCN2C1CCC(O)(c2ccc(-c3ncccn3)cn2)CC1. The van der Waals surface area contributed by atoms with Gasteiger partial charge in [0.25, 0.3) is 0 Å². The molecule has 0 radical (unpaired) electrons. The third-order valence-corrected chi connectivity index (χ3v) is 10.3. The largest absolute Gasteiger partial charge is 0.416 e. The van der Waals surface area contributed by atoms with Crippen LogP contribution in [0.2, 0.25) is 0 Å². The van der Waals surface area contributed by atoms with Gasteiger partial charge in [0.1, 0.15) is 5.60 Å². The molecule has 4 aliphatic rings. The molecule has 0 spiro atoms. The zero-order chi connectivity index (χ0) is 30.5. The van der Waals surface area contributed by atoms with E-state index in [1.165, 1.54) is 6.07 Å². The first kappa shape index (κ1) is 29.2. The quantitative estimate of drug-likeness (QED) is 0.396. The zero-order valence-corrected chi connectivity index (χ0v) is 24.5. The number of likely N-dealkylation sites (tertiary alicyclic amines) is 2. The monoisotopic (exact) mass is 606 g/mol. The van der Waals surface area contributed by atoms with E-state index in [2.05, 4.69) is 30.1 Å². The average Bonchev–Trinajstić information content (AvgIpc) is 3.62. The van der Waals surface area contributed by atoms with Gasteiger partial charge in [0.05, 0.1) is 11.3 Å². The van der Waals surface area contributed by atoms with Crippen molar-refractivity contribution in [1.82, 2.24) is 24.8 Å². The van der Waals surface area contributed by atoms with Crippen molar-refractivity contribution >= 4 is 11.6 Å². The van der Waals surface area contributed by atoms with E-state index in [-0.39, 0.29) is 23.9 Å². The van der Waals surface area contributed by atoms with E-state index in [1.807, 2.05) is 12.1 Å². The molecule has 4 fully saturated rings. The molecule has 0 bridgehead atoms. The summed E-state index contributed by atoms with van der Waals surface area (Å²) in [6.07, 6.45) is 6.99. The number of nitrogens with zero attached hydrogens (tertiary/aromatic N) is 5. The summed E-state index contributed by atoms with van der Waals surface area (Å²) in [6, 6.07) is 11.8. The molecule has 2 aromatic heterocycles. The number of hydrogen-bond acceptors (Lipinski definition) is 7. The number of anilines is 1. The molecule has 2 atom stereocenters. The van der Waals surface area contributed by atoms with Gasteiger partial charge in [0.15, 0.2) is 5.82 Å². The molecular formula is C33H37F3N6O2. The maximum atomic E-state index is 13.5. The standard InChI is InChI=1S/C33H37F3N6O2/c34-33(35,36)23-3-1-4-24(19-23)40-25-17-22(18-25)31(43)42-16-10-27-28(42)9-15-41(27)26-7-11-32(44,12-8-26)29-6-5-21(20-39-29)30-37-13-2-14-38-30/h1-6,13-14,19-20,22,25-28,40,44H,7-12,15-18H2. The highest BCUT2D eigenvalue weighted by molar-refractivity contribution is 5.81. The Morgan fingerprint density at radius 1 is 0.932 bits per heavy atom. The van der Waals surface area contributed by atoms with Crippen molar-refractivity contribution in [2.45, 2.75) is 87.3 Å². The molecule has 2 unspecified atom stereocenters. The van der Waals surface area contributed by atoms with E-state index >= 15 is 0 Å². The Hall–Kier alpha value is -3.57. The lowest BCUT2D eigenvalue weighted by molar-refractivity contribution is -0.139. The minimum absolute atomic E-state index is 0.00395. The molecule has 7 rings (SSSR count). The fraction of sp³-hybridized carbons (Fsp3) is 0.515. The molecule has 2 aliphatic carbocycles. The fourth-order valence-electron chi connectivity index (χ4n) is 7.86. The minimum Gasteiger partial charge on any atom is -0.384 e. The van der Waals surface area contributed by atoms with Crippen LogP contribution in [0.25, 0.3) is 11.4 Å². The minimum atomic E-state index is -4.38. The Labute approximate surface area is 254 Å². The van der Waals surface area contributed by atoms with E-state index < -0.39 is 17.3 Å². The predicted molar refractivity (Wildman–Crippen MR) is 158 cm³/mol. The van der Waals surface area contributed by atoms with Crippen molar-refractivity contribution in [3.63, 3.8) is 0 Å². The lowest BCUT2D eigenvalue weighted by Gasteiger charge is -2.41. The number of hydrogen-bond donors (Lipinski definition) is 2. The zero-order valence-electron chi connectivity index (χ0n) is 24.5. The molecule has 8 nitrogen and oxygen atoms in total. The second-order valence-corrected chi connectivity index (χ2v) is 12.8. The first-order chi connectivity index (χ1) is 21.2. The van der Waals surface area contributed by atoms with Gasteiger partial charge in [0, 0.05) is 73.0 Å². The number of fused-ring (bicyclic) bond motifs is 1. The number of carbonyl (C=O) groups excluding carboxylic acids is 1. The molecule has 232 valence electrons. The van der Waals surface area contributed by atoms with Gasteiger partial charge >= 0.3 is 6.18 Å². The second-order valence-electron chi connectivity index (χ2n) is 12.8. The van der Waals surface area contributed by atoms with E-state index in [1.54, 1.807) is 30.7 Å². The molecule has 3 aromatic rings. The predicted octanol–water partition coefficient (Wildman–Crippen LogP) is 5.25. The van der Waals surface area contributed by atoms with Gasteiger partial charge in [-0.05, 0) is 87.8 Å². The maximum Gasteiger partial charge on any atom is 0.416 e. The summed E-state index contributed by atoms with van der Waals surface area (Å²) in [5, 5.41) is 14.7. The molecule has 2 N–H and O–H groups in total. The smallest absolute Gasteiger partial charge is 0.384 e. The number of alkyl halides is 3. The first-order valence-electron chi connectivity index (χ1n) is 15.6. The van der Waals surface area contributed by atoms with Crippen LogP contribution in [0.15, 0.2) is 61.1 Å². The summed E-state index contributed by atoms with van der Waals surface area (Å²) in [5.74, 6) is 0.719. The number of halogens is 3. The van der Waals surface area contributed by atoms with Crippen LogP contribution >= 0.6 is 0 Å². The highest BCUT2D eigenvalue weighted by Gasteiger charge is 2.50. The van der Waals surface area contributed by atoms with E-state index in [0.29, 0.717) is 55.0 Å². The molecule has 4 heterocycles. The van der Waals surface area contributed by atoms with E-state index in [9.17, 15) is 23.1 Å². The third kappa shape index (κ3) is 5.56. The van der Waals surface area contributed by atoms with E-state index in [0.717, 1.165) is 56.5 Å². The summed E-state index contributed by atoms with van der Waals surface area (Å²) in [5.41, 5.74) is 0.327. The van der Waals surface area contributed by atoms with Crippen molar-refractivity contribution in [3.8, 4) is 11.4 Å². The van der Waals surface area contributed by atoms with Gasteiger partial charge in [-0.3, -0.25) is 14.7 Å². The van der Waals surface area contributed by atoms with Crippen LogP contribution in [0.3, 0.4) is 0 Å². The first-order valence-corrected chi connectivity index (χ1v) is 15.6. The normalized spacial score (nSPS) is 30.5. The highest BCUT2D eigenvalue weighted by Crippen LogP contribution is 2.43. The molecule has 1 amide bonds. The average molecular weight is 607 g/mol. The van der Waals surface area contributed by atoms with Crippen LogP contribution in [0.4, 0.5) is 18.9 Å². The van der Waals surface area contributed by atoms with Gasteiger partial charge in [-0.25, -0.2) is 9.97 Å². The number of benzene rings is 1. The van der Waals surface area contributed by atoms with Crippen LogP contribution < -0.4 is 5.32 Å². The summed E-state index contributed by atoms with van der Waals surface area (Å²) in [4.78, 5) is 31.3. The van der Waals surface area contributed by atoms with Crippen LogP contribution in [-0.2, 0) is 16.6 Å². The highest BCUT2D eigenvalue weighted by atomic mass is 19.4. The van der Waals surface area contributed by atoms with Crippen LogP contribution in [0.1, 0.15) is 62.6 Å². The third-order valence-electron chi connectivity index (χ3n) is 10.3. The maximum absolute atomic E-state index is 13.5. The molecule has 2 aliphatic heterocycles. The lowest BCUT2D eigenvalue weighted by Crippen LogP contribution is -2.49. The molecule has 1 aromatic carbocycles. The van der Waals surface area contributed by atoms with E-state index in [4.69, 9.17) is 0 Å². The van der Waals surface area contributed by atoms with Gasteiger partial charge in [-0.2, -0.15) is 13.2 Å². The molecule has 2 saturated heterocycles. The fourth-order valence-corrected chi connectivity index (χ4v) is 7.86. The summed E-state index contributed by atoms with van der Waals surface area (Å²) in [7, 11) is 0. The number of rotatable bonds is 6. The number of aliphatic hydroxyl groups is 1. The van der Waals surface area contributed by atoms with Crippen molar-refractivity contribution in [1.29, 1.82) is 0 Å². The number of carbonyl (C=O) groups is 1.